The van der Waals surface area contributed by atoms with Crippen molar-refractivity contribution in [1.29, 1.82) is 0 Å². The molecule has 1 aromatic heterocycles. The van der Waals surface area contributed by atoms with E-state index in [-0.39, 0.29) is 11.9 Å². The SMILES string of the molecule is C[C@@]12OC[C@@H](c3ccccc3)N1C(=O)c1cccnc1-c1c2ccc2ccccc12. The van der Waals surface area contributed by atoms with Crippen LogP contribution in [0.25, 0.3) is 22.0 Å². The maximum Gasteiger partial charge on any atom is 0.259 e. The van der Waals surface area contributed by atoms with E-state index < -0.39 is 5.72 Å². The van der Waals surface area contributed by atoms with Crippen LogP contribution in [0.4, 0.5) is 0 Å². The van der Waals surface area contributed by atoms with Gasteiger partial charge in [-0.25, -0.2) is 0 Å². The molecule has 1 saturated heterocycles. The van der Waals surface area contributed by atoms with Gasteiger partial charge in [0.2, 0.25) is 0 Å². The zero-order valence-electron chi connectivity index (χ0n) is 16.6. The summed E-state index contributed by atoms with van der Waals surface area (Å²) in [6.07, 6.45) is 1.76. The van der Waals surface area contributed by atoms with Gasteiger partial charge in [-0.15, -0.1) is 0 Å². The molecular weight excluding hydrogens is 372 g/mol. The normalized spacial score (nSPS) is 22.4. The Hall–Kier alpha value is -3.50. The van der Waals surface area contributed by atoms with Crippen LogP contribution in [-0.2, 0) is 10.5 Å². The zero-order chi connectivity index (χ0) is 20.3. The summed E-state index contributed by atoms with van der Waals surface area (Å²) in [7, 11) is 0. The average molecular weight is 392 g/mol. The highest BCUT2D eigenvalue weighted by molar-refractivity contribution is 6.08. The number of fused-ring (bicyclic) bond motifs is 7. The number of ether oxygens (including phenoxy) is 1. The molecule has 30 heavy (non-hydrogen) atoms. The van der Waals surface area contributed by atoms with Crippen LogP contribution in [0.15, 0.2) is 85.1 Å². The minimum atomic E-state index is -0.877. The second-order valence-electron chi connectivity index (χ2n) is 8.00. The molecule has 6 rings (SSSR count). The number of aromatic nitrogens is 1. The number of nitrogens with zero attached hydrogens (tertiary/aromatic N) is 2. The van der Waals surface area contributed by atoms with Crippen LogP contribution < -0.4 is 0 Å². The maximum absolute atomic E-state index is 13.9. The summed E-state index contributed by atoms with van der Waals surface area (Å²) in [4.78, 5) is 20.5. The van der Waals surface area contributed by atoms with Gasteiger partial charge in [0, 0.05) is 17.3 Å². The first kappa shape index (κ1) is 17.4. The molecular formula is C26H20N2O2. The third-order valence-electron chi connectivity index (χ3n) is 6.40. The lowest BCUT2D eigenvalue weighted by Gasteiger charge is -2.36. The molecule has 3 heterocycles. The Morgan fingerprint density at radius 3 is 2.63 bits per heavy atom. The fraction of sp³-hybridized carbons (Fsp3) is 0.154. The number of hydrogen-bond acceptors (Lipinski definition) is 3. The first-order chi connectivity index (χ1) is 14.7. The maximum atomic E-state index is 13.9. The summed E-state index contributed by atoms with van der Waals surface area (Å²) >= 11 is 0. The van der Waals surface area contributed by atoms with Crippen LogP contribution >= 0.6 is 0 Å². The summed E-state index contributed by atoms with van der Waals surface area (Å²) < 4.78 is 6.45. The van der Waals surface area contributed by atoms with Gasteiger partial charge in [-0.3, -0.25) is 14.7 Å². The smallest absolute Gasteiger partial charge is 0.259 e. The van der Waals surface area contributed by atoms with Gasteiger partial charge in [0.15, 0.2) is 5.72 Å². The fourth-order valence-corrected chi connectivity index (χ4v) is 4.97. The molecule has 0 N–H and O–H groups in total. The van der Waals surface area contributed by atoms with Crippen LogP contribution in [-0.4, -0.2) is 22.4 Å². The molecule has 0 unspecified atom stereocenters. The third kappa shape index (κ3) is 2.25. The molecule has 1 fully saturated rings. The summed E-state index contributed by atoms with van der Waals surface area (Å²) in [6, 6.07) is 26.1. The molecule has 4 heteroatoms. The van der Waals surface area contributed by atoms with Crippen molar-refractivity contribution in [3.63, 3.8) is 0 Å². The van der Waals surface area contributed by atoms with Crippen molar-refractivity contribution in [1.82, 2.24) is 9.88 Å². The molecule has 146 valence electrons. The number of carbonyl (C=O) groups excluding carboxylic acids is 1. The molecule has 2 aliphatic rings. The fourth-order valence-electron chi connectivity index (χ4n) is 4.97. The predicted molar refractivity (Wildman–Crippen MR) is 116 cm³/mol. The largest absolute Gasteiger partial charge is 0.349 e. The van der Waals surface area contributed by atoms with Crippen molar-refractivity contribution < 1.29 is 9.53 Å². The van der Waals surface area contributed by atoms with Crippen LogP contribution in [0.5, 0.6) is 0 Å². The van der Waals surface area contributed by atoms with Crippen LogP contribution in [0, 0.1) is 0 Å². The lowest BCUT2D eigenvalue weighted by molar-refractivity contribution is -0.0597. The summed E-state index contributed by atoms with van der Waals surface area (Å²) in [6.45, 7) is 2.46. The Morgan fingerprint density at radius 1 is 0.967 bits per heavy atom. The molecule has 3 aromatic carbocycles. The summed E-state index contributed by atoms with van der Waals surface area (Å²) in [5.41, 5.74) is 3.49. The highest BCUT2D eigenvalue weighted by atomic mass is 16.5. The number of rotatable bonds is 1. The quantitative estimate of drug-likeness (QED) is 0.441. The van der Waals surface area contributed by atoms with E-state index >= 15 is 0 Å². The summed E-state index contributed by atoms with van der Waals surface area (Å²) in [5, 5.41) is 2.20. The van der Waals surface area contributed by atoms with Crippen molar-refractivity contribution in [2.24, 2.45) is 0 Å². The van der Waals surface area contributed by atoms with Crippen molar-refractivity contribution in [3.05, 3.63) is 102 Å². The molecule has 1 amide bonds. The number of carbonyl (C=O) groups is 1. The number of hydrogen-bond donors (Lipinski definition) is 0. The monoisotopic (exact) mass is 392 g/mol. The Bertz CT molecular complexity index is 1300. The van der Waals surface area contributed by atoms with Gasteiger partial charge in [0.25, 0.3) is 5.91 Å². The van der Waals surface area contributed by atoms with Gasteiger partial charge < -0.3 is 4.74 Å². The van der Waals surface area contributed by atoms with E-state index in [1.807, 2.05) is 54.3 Å². The topological polar surface area (TPSA) is 42.4 Å². The summed E-state index contributed by atoms with van der Waals surface area (Å²) in [5.74, 6) is -0.0489. The molecule has 0 aliphatic carbocycles. The molecule has 0 bridgehead atoms. The molecule has 0 saturated carbocycles. The van der Waals surface area contributed by atoms with Gasteiger partial charge in [0.05, 0.1) is 23.9 Å². The molecule has 2 atom stereocenters. The first-order valence-electron chi connectivity index (χ1n) is 10.2. The minimum Gasteiger partial charge on any atom is -0.349 e. The Kier molecular flexibility index (Phi) is 3.62. The Labute approximate surface area is 174 Å². The molecule has 0 spiro atoms. The predicted octanol–water partition coefficient (Wildman–Crippen LogP) is 5.30. The van der Waals surface area contributed by atoms with E-state index in [2.05, 4.69) is 41.4 Å². The Morgan fingerprint density at radius 2 is 1.77 bits per heavy atom. The Balaban J connectivity index is 1.69. The zero-order valence-corrected chi connectivity index (χ0v) is 16.6. The molecule has 0 radical (unpaired) electrons. The van der Waals surface area contributed by atoms with E-state index in [4.69, 9.17) is 4.74 Å². The first-order valence-corrected chi connectivity index (χ1v) is 10.2. The minimum absolute atomic E-state index is 0.0489. The van der Waals surface area contributed by atoms with Gasteiger partial charge in [0.1, 0.15) is 0 Å². The van der Waals surface area contributed by atoms with E-state index in [9.17, 15) is 4.79 Å². The van der Waals surface area contributed by atoms with Crippen molar-refractivity contribution >= 4 is 16.7 Å². The van der Waals surface area contributed by atoms with Crippen molar-refractivity contribution in [2.75, 3.05) is 6.61 Å². The van der Waals surface area contributed by atoms with Crippen LogP contribution in [0.2, 0.25) is 0 Å². The van der Waals surface area contributed by atoms with Gasteiger partial charge in [-0.2, -0.15) is 0 Å². The highest BCUT2D eigenvalue weighted by Gasteiger charge is 2.52. The van der Waals surface area contributed by atoms with Crippen molar-refractivity contribution in [2.45, 2.75) is 18.7 Å². The third-order valence-corrected chi connectivity index (χ3v) is 6.40. The molecule has 4 aromatic rings. The van der Waals surface area contributed by atoms with E-state index in [0.29, 0.717) is 12.2 Å². The van der Waals surface area contributed by atoms with Gasteiger partial charge >= 0.3 is 0 Å². The van der Waals surface area contributed by atoms with E-state index in [1.165, 1.54) is 0 Å². The molecule has 2 aliphatic heterocycles. The second-order valence-corrected chi connectivity index (χ2v) is 8.00. The lowest BCUT2D eigenvalue weighted by Crippen LogP contribution is -2.44. The van der Waals surface area contributed by atoms with E-state index in [0.717, 1.165) is 33.2 Å². The van der Waals surface area contributed by atoms with Gasteiger partial charge in [-0.1, -0.05) is 66.7 Å². The van der Waals surface area contributed by atoms with Crippen molar-refractivity contribution in [3.8, 4) is 11.3 Å². The van der Waals surface area contributed by atoms with Crippen LogP contribution in [0.1, 0.15) is 34.5 Å². The number of pyridine rings is 1. The lowest BCUT2D eigenvalue weighted by atomic mass is 9.90. The number of amides is 1. The second kappa shape index (κ2) is 6.25. The van der Waals surface area contributed by atoms with Crippen LogP contribution in [0.3, 0.4) is 0 Å². The van der Waals surface area contributed by atoms with Gasteiger partial charge in [-0.05, 0) is 35.4 Å². The molecule has 4 nitrogen and oxygen atoms in total. The highest BCUT2D eigenvalue weighted by Crippen LogP contribution is 2.51. The standard InChI is InChI=1S/C26H20N2O2/c1-26-21-14-13-17-8-5-6-11-19(17)23(21)24-20(12-7-15-27-24)25(29)28(26)22(16-30-26)18-9-3-2-4-10-18/h2-15,22H,16H2,1H3/t22-,26-/m0/s1. The average Bonchev–Trinajstić information content (AvgIpc) is 3.13. The number of benzene rings is 3. The van der Waals surface area contributed by atoms with E-state index in [1.54, 1.807) is 6.20 Å².